The fourth-order valence-corrected chi connectivity index (χ4v) is 2.86. The SMILES string of the molecule is Cc1nn(C)c(N2CCC(N(C)C)CC2)c1CO. The van der Waals surface area contributed by atoms with Gasteiger partial charge >= 0.3 is 0 Å². The lowest BCUT2D eigenvalue weighted by molar-refractivity contribution is 0.247. The number of rotatable bonds is 3. The minimum absolute atomic E-state index is 0.0720. The van der Waals surface area contributed by atoms with Gasteiger partial charge in [0.2, 0.25) is 0 Å². The third-order valence-corrected chi connectivity index (χ3v) is 3.97. The minimum atomic E-state index is 0.0720. The molecule has 2 rings (SSSR count). The molecule has 0 atom stereocenters. The van der Waals surface area contributed by atoms with Gasteiger partial charge in [0, 0.05) is 31.7 Å². The Bertz CT molecular complexity index is 405. The zero-order valence-electron chi connectivity index (χ0n) is 11.8. The van der Waals surface area contributed by atoms with Gasteiger partial charge in [-0.2, -0.15) is 5.10 Å². The number of aromatic nitrogens is 2. The smallest absolute Gasteiger partial charge is 0.132 e. The Morgan fingerprint density at radius 1 is 1.33 bits per heavy atom. The molecule has 0 spiro atoms. The Hall–Kier alpha value is -1.07. The second-order valence-corrected chi connectivity index (χ2v) is 5.35. The maximum absolute atomic E-state index is 9.50. The van der Waals surface area contributed by atoms with E-state index in [9.17, 15) is 5.11 Å². The van der Waals surface area contributed by atoms with Crippen molar-refractivity contribution >= 4 is 5.82 Å². The van der Waals surface area contributed by atoms with Gasteiger partial charge in [-0.3, -0.25) is 4.68 Å². The Morgan fingerprint density at radius 2 is 1.94 bits per heavy atom. The van der Waals surface area contributed by atoms with Gasteiger partial charge in [0.05, 0.1) is 12.3 Å². The maximum atomic E-state index is 9.50. The number of anilines is 1. The summed E-state index contributed by atoms with van der Waals surface area (Å²) in [6.45, 7) is 4.11. The van der Waals surface area contributed by atoms with Crippen molar-refractivity contribution in [2.45, 2.75) is 32.4 Å². The predicted molar refractivity (Wildman–Crippen MR) is 72.8 cm³/mol. The molecule has 0 bridgehead atoms. The summed E-state index contributed by atoms with van der Waals surface area (Å²) in [5.41, 5.74) is 1.91. The van der Waals surface area contributed by atoms with Crippen molar-refractivity contribution in [3.63, 3.8) is 0 Å². The summed E-state index contributed by atoms with van der Waals surface area (Å²) in [7, 11) is 6.25. The summed E-state index contributed by atoms with van der Waals surface area (Å²) >= 11 is 0. The van der Waals surface area contributed by atoms with E-state index in [1.165, 1.54) is 12.8 Å². The lowest BCUT2D eigenvalue weighted by Crippen LogP contribution is -2.42. The fraction of sp³-hybridized carbons (Fsp3) is 0.769. The summed E-state index contributed by atoms with van der Waals surface area (Å²) in [6, 6.07) is 0.674. The molecule has 1 aromatic heterocycles. The Balaban J connectivity index is 2.14. The van der Waals surface area contributed by atoms with Crippen LogP contribution in [0.25, 0.3) is 0 Å². The van der Waals surface area contributed by atoms with E-state index in [0.717, 1.165) is 30.2 Å². The van der Waals surface area contributed by atoms with E-state index < -0.39 is 0 Å². The molecule has 102 valence electrons. The van der Waals surface area contributed by atoms with Crippen LogP contribution in [0.2, 0.25) is 0 Å². The van der Waals surface area contributed by atoms with Crippen LogP contribution >= 0.6 is 0 Å². The summed E-state index contributed by atoms with van der Waals surface area (Å²) in [5.74, 6) is 1.09. The van der Waals surface area contributed by atoms with Crippen LogP contribution in [0.4, 0.5) is 5.82 Å². The molecule has 0 aromatic carbocycles. The van der Waals surface area contributed by atoms with E-state index in [1.807, 2.05) is 18.7 Å². The van der Waals surface area contributed by atoms with E-state index >= 15 is 0 Å². The van der Waals surface area contributed by atoms with Crippen molar-refractivity contribution in [2.24, 2.45) is 7.05 Å². The normalized spacial score (nSPS) is 17.8. The zero-order chi connectivity index (χ0) is 13.3. The van der Waals surface area contributed by atoms with E-state index in [-0.39, 0.29) is 6.61 Å². The highest BCUT2D eigenvalue weighted by Crippen LogP contribution is 2.26. The molecule has 2 heterocycles. The summed E-state index contributed by atoms with van der Waals surface area (Å²) < 4.78 is 1.90. The molecular weight excluding hydrogens is 228 g/mol. The summed E-state index contributed by atoms with van der Waals surface area (Å²) in [4.78, 5) is 4.66. The third kappa shape index (κ3) is 2.37. The predicted octanol–water partition coefficient (Wildman–Crippen LogP) is 0.751. The number of hydrogen-bond acceptors (Lipinski definition) is 4. The molecule has 0 unspecified atom stereocenters. The Morgan fingerprint density at radius 3 is 2.44 bits per heavy atom. The quantitative estimate of drug-likeness (QED) is 0.862. The Kier molecular flexibility index (Phi) is 3.92. The molecule has 1 N–H and O–H groups in total. The largest absolute Gasteiger partial charge is 0.391 e. The fourth-order valence-electron chi connectivity index (χ4n) is 2.86. The average molecular weight is 252 g/mol. The van der Waals surface area contributed by atoms with Gasteiger partial charge in [-0.15, -0.1) is 0 Å². The molecule has 1 saturated heterocycles. The second kappa shape index (κ2) is 5.28. The monoisotopic (exact) mass is 252 g/mol. The number of hydrogen-bond donors (Lipinski definition) is 1. The van der Waals surface area contributed by atoms with Gasteiger partial charge in [0.1, 0.15) is 5.82 Å². The van der Waals surface area contributed by atoms with Gasteiger partial charge in [-0.1, -0.05) is 0 Å². The summed E-state index contributed by atoms with van der Waals surface area (Å²) in [6.07, 6.45) is 2.34. The first-order valence-corrected chi connectivity index (χ1v) is 6.59. The highest BCUT2D eigenvalue weighted by molar-refractivity contribution is 5.50. The van der Waals surface area contributed by atoms with Gasteiger partial charge in [0.15, 0.2) is 0 Å². The van der Waals surface area contributed by atoms with Crippen molar-refractivity contribution in [3.8, 4) is 0 Å². The topological polar surface area (TPSA) is 44.5 Å². The highest BCUT2D eigenvalue weighted by Gasteiger charge is 2.25. The molecule has 5 heteroatoms. The highest BCUT2D eigenvalue weighted by atomic mass is 16.3. The lowest BCUT2D eigenvalue weighted by Gasteiger charge is -2.36. The Labute approximate surface area is 109 Å². The number of aliphatic hydroxyl groups is 1. The van der Waals surface area contributed by atoms with Gasteiger partial charge in [0.25, 0.3) is 0 Å². The first-order valence-electron chi connectivity index (χ1n) is 6.59. The molecule has 1 fully saturated rings. The third-order valence-electron chi connectivity index (χ3n) is 3.97. The molecule has 18 heavy (non-hydrogen) atoms. The van der Waals surface area contributed by atoms with Crippen LogP contribution in [0.1, 0.15) is 24.1 Å². The standard InChI is InChI=1S/C13H24N4O/c1-10-12(9-18)13(16(4)14-10)17-7-5-11(6-8-17)15(2)3/h11,18H,5-9H2,1-4H3. The van der Waals surface area contributed by atoms with Crippen LogP contribution in [0.15, 0.2) is 0 Å². The molecule has 1 aliphatic rings. The molecule has 0 aliphatic carbocycles. The van der Waals surface area contributed by atoms with E-state index in [4.69, 9.17) is 0 Å². The van der Waals surface area contributed by atoms with E-state index in [0.29, 0.717) is 6.04 Å². The van der Waals surface area contributed by atoms with Gasteiger partial charge in [-0.25, -0.2) is 0 Å². The van der Waals surface area contributed by atoms with Crippen LogP contribution in [-0.2, 0) is 13.7 Å². The maximum Gasteiger partial charge on any atom is 0.132 e. The molecular formula is C13H24N4O. The van der Waals surface area contributed by atoms with Crippen LogP contribution in [-0.4, -0.2) is 53.0 Å². The van der Waals surface area contributed by atoms with Crippen LogP contribution in [0, 0.1) is 6.92 Å². The number of nitrogens with zero attached hydrogens (tertiary/aromatic N) is 4. The first-order chi connectivity index (χ1) is 8.54. The first kappa shape index (κ1) is 13.4. The molecule has 1 aliphatic heterocycles. The van der Waals surface area contributed by atoms with E-state index in [1.54, 1.807) is 0 Å². The van der Waals surface area contributed by atoms with Crippen molar-refractivity contribution in [1.82, 2.24) is 14.7 Å². The molecule has 0 amide bonds. The van der Waals surface area contributed by atoms with Gasteiger partial charge < -0.3 is 14.9 Å². The van der Waals surface area contributed by atoms with Crippen LogP contribution in [0.3, 0.4) is 0 Å². The van der Waals surface area contributed by atoms with Crippen LogP contribution < -0.4 is 4.90 Å². The van der Waals surface area contributed by atoms with Crippen molar-refractivity contribution in [3.05, 3.63) is 11.3 Å². The number of piperidine rings is 1. The van der Waals surface area contributed by atoms with Crippen molar-refractivity contribution in [2.75, 3.05) is 32.1 Å². The number of aliphatic hydroxyl groups excluding tert-OH is 1. The van der Waals surface area contributed by atoms with Crippen LogP contribution in [0.5, 0.6) is 0 Å². The van der Waals surface area contributed by atoms with E-state index in [2.05, 4.69) is 29.0 Å². The van der Waals surface area contributed by atoms with Crippen molar-refractivity contribution < 1.29 is 5.11 Å². The molecule has 0 radical (unpaired) electrons. The van der Waals surface area contributed by atoms with Crippen molar-refractivity contribution in [1.29, 1.82) is 0 Å². The molecule has 5 nitrogen and oxygen atoms in total. The molecule has 1 aromatic rings. The summed E-state index contributed by atoms with van der Waals surface area (Å²) in [5, 5.41) is 13.9. The average Bonchev–Trinajstić information content (AvgIpc) is 2.63. The lowest BCUT2D eigenvalue weighted by atomic mass is 10.0. The second-order valence-electron chi connectivity index (χ2n) is 5.35. The number of aryl methyl sites for hydroxylation is 2. The zero-order valence-corrected chi connectivity index (χ0v) is 11.8. The molecule has 0 saturated carbocycles. The van der Waals surface area contributed by atoms with Gasteiger partial charge in [-0.05, 0) is 33.9 Å². The minimum Gasteiger partial charge on any atom is -0.391 e.